The van der Waals surface area contributed by atoms with Crippen molar-refractivity contribution in [3.05, 3.63) is 29.1 Å². The van der Waals surface area contributed by atoms with E-state index >= 15 is 0 Å². The third kappa shape index (κ3) is 4.47. The van der Waals surface area contributed by atoms with Gasteiger partial charge < -0.3 is 4.18 Å². The molecule has 0 bridgehead atoms. The van der Waals surface area contributed by atoms with Crippen LogP contribution >= 0.6 is 0 Å². The first-order valence-electron chi connectivity index (χ1n) is 7.60. The van der Waals surface area contributed by atoms with E-state index in [9.17, 15) is 35.2 Å². The zero-order valence-corrected chi connectivity index (χ0v) is 13.8. The fourth-order valence-corrected chi connectivity index (χ4v) is 3.62. The molecule has 1 aliphatic carbocycles. The van der Waals surface area contributed by atoms with Crippen LogP contribution < -0.4 is 4.18 Å². The van der Waals surface area contributed by atoms with Gasteiger partial charge in [-0.1, -0.05) is 19.3 Å². The summed E-state index contributed by atoms with van der Waals surface area (Å²) in [6, 6.07) is 0. The van der Waals surface area contributed by atoms with Crippen molar-refractivity contribution >= 4 is 15.9 Å². The van der Waals surface area contributed by atoms with Gasteiger partial charge in [-0.2, -0.15) is 17.2 Å². The lowest BCUT2D eigenvalue weighted by molar-refractivity contribution is -0.123. The molecule has 0 atom stereocenters. The van der Waals surface area contributed by atoms with Crippen molar-refractivity contribution in [2.45, 2.75) is 38.5 Å². The smallest absolute Gasteiger partial charge is 0.309 e. The van der Waals surface area contributed by atoms with E-state index in [2.05, 4.69) is 4.18 Å². The van der Waals surface area contributed by atoms with Crippen LogP contribution in [-0.2, 0) is 14.9 Å². The highest BCUT2D eigenvalue weighted by molar-refractivity contribution is 7.87. The number of benzene rings is 1. The average Bonchev–Trinajstić information content (AvgIpc) is 2.61. The molecular weight excluding hydrogens is 371 g/mol. The SMILES string of the molecule is O=C(CCS(=O)(=O)Oc1c(F)c(F)c(F)c(F)c1F)C1CCCCC1. The third-order valence-corrected chi connectivity index (χ3v) is 5.16. The number of hydrogen-bond donors (Lipinski definition) is 0. The van der Waals surface area contributed by atoms with Crippen LogP contribution in [0.3, 0.4) is 0 Å². The molecule has 0 unspecified atom stereocenters. The van der Waals surface area contributed by atoms with Gasteiger partial charge in [-0.15, -0.1) is 0 Å². The maximum absolute atomic E-state index is 13.4. The zero-order chi connectivity index (χ0) is 18.8. The van der Waals surface area contributed by atoms with Gasteiger partial charge in [0.15, 0.2) is 0 Å². The minimum atomic E-state index is -4.72. The van der Waals surface area contributed by atoms with E-state index in [0.29, 0.717) is 12.8 Å². The van der Waals surface area contributed by atoms with Gasteiger partial charge in [-0.3, -0.25) is 4.79 Å². The van der Waals surface area contributed by atoms with Gasteiger partial charge in [0.05, 0.1) is 5.75 Å². The van der Waals surface area contributed by atoms with Crippen LogP contribution in [0.2, 0.25) is 0 Å². The molecule has 10 heteroatoms. The van der Waals surface area contributed by atoms with Crippen molar-refractivity contribution in [3.8, 4) is 5.75 Å². The summed E-state index contributed by atoms with van der Waals surface area (Å²) in [6.07, 6.45) is 3.51. The van der Waals surface area contributed by atoms with Crippen molar-refractivity contribution in [3.63, 3.8) is 0 Å². The van der Waals surface area contributed by atoms with E-state index in [4.69, 9.17) is 0 Å². The Morgan fingerprint density at radius 3 is 1.88 bits per heavy atom. The van der Waals surface area contributed by atoms with Gasteiger partial charge in [0, 0.05) is 12.3 Å². The molecule has 0 aliphatic heterocycles. The van der Waals surface area contributed by atoms with E-state index in [1.54, 1.807) is 0 Å². The molecule has 0 heterocycles. The minimum Gasteiger partial charge on any atom is -0.376 e. The number of rotatable bonds is 6. The molecule has 4 nitrogen and oxygen atoms in total. The minimum absolute atomic E-state index is 0.280. The predicted molar refractivity (Wildman–Crippen MR) is 76.8 cm³/mol. The van der Waals surface area contributed by atoms with Gasteiger partial charge in [0.2, 0.25) is 34.8 Å². The number of carbonyl (C=O) groups is 1. The van der Waals surface area contributed by atoms with Crippen molar-refractivity contribution < 1.29 is 39.3 Å². The van der Waals surface area contributed by atoms with Crippen LogP contribution in [0, 0.1) is 35.0 Å². The van der Waals surface area contributed by atoms with Gasteiger partial charge in [-0.05, 0) is 12.8 Å². The molecule has 0 N–H and O–H groups in total. The van der Waals surface area contributed by atoms with E-state index < -0.39 is 57.1 Å². The van der Waals surface area contributed by atoms with Crippen molar-refractivity contribution in [1.82, 2.24) is 0 Å². The molecule has 0 amide bonds. The molecule has 0 radical (unpaired) electrons. The first-order chi connectivity index (χ1) is 11.6. The normalized spacial score (nSPS) is 16.0. The van der Waals surface area contributed by atoms with Gasteiger partial charge in [-0.25, -0.2) is 13.2 Å². The fraction of sp³-hybridized carbons (Fsp3) is 0.533. The lowest BCUT2D eigenvalue weighted by atomic mass is 9.85. The Kier molecular flexibility index (Phi) is 6.02. The number of Topliss-reactive ketones (excluding diaryl/α,β-unsaturated/α-hetero) is 1. The summed E-state index contributed by atoms with van der Waals surface area (Å²) in [6.45, 7) is 0. The number of halogens is 5. The lowest BCUT2D eigenvalue weighted by Gasteiger charge is -2.20. The molecule has 2 rings (SSSR count). The monoisotopic (exact) mass is 386 g/mol. The van der Waals surface area contributed by atoms with Gasteiger partial charge >= 0.3 is 10.1 Å². The second-order valence-corrected chi connectivity index (χ2v) is 7.49. The number of hydrogen-bond acceptors (Lipinski definition) is 4. The number of ketones is 1. The summed E-state index contributed by atoms with van der Waals surface area (Å²) >= 11 is 0. The van der Waals surface area contributed by atoms with E-state index in [1.165, 1.54) is 0 Å². The molecule has 1 aromatic rings. The Morgan fingerprint density at radius 1 is 0.880 bits per heavy atom. The van der Waals surface area contributed by atoms with Crippen molar-refractivity contribution in [1.29, 1.82) is 0 Å². The fourth-order valence-electron chi connectivity index (χ4n) is 2.68. The summed E-state index contributed by atoms with van der Waals surface area (Å²) in [5.74, 6) is -15.3. The second kappa shape index (κ2) is 7.67. The molecule has 0 aromatic heterocycles. The summed E-state index contributed by atoms with van der Waals surface area (Å²) < 4.78 is 93.4. The van der Waals surface area contributed by atoms with Crippen molar-refractivity contribution in [2.24, 2.45) is 5.92 Å². The van der Waals surface area contributed by atoms with Crippen LogP contribution in [0.15, 0.2) is 0 Å². The Hall–Kier alpha value is -1.71. The third-order valence-electron chi connectivity index (χ3n) is 4.04. The molecule has 1 aliphatic rings. The summed E-state index contributed by atoms with van der Waals surface area (Å²) in [4.78, 5) is 11.9. The zero-order valence-electron chi connectivity index (χ0n) is 13.0. The standard InChI is InChI=1S/C15H15F5O4S/c16-10-11(17)13(19)15(14(20)12(10)18)24-25(22,23)7-6-9(21)8-4-2-1-3-5-8/h8H,1-7H2. The highest BCUT2D eigenvalue weighted by Crippen LogP contribution is 2.30. The largest absolute Gasteiger partial charge is 0.376 e. The summed E-state index contributed by atoms with van der Waals surface area (Å²) in [5, 5.41) is 0. The Bertz CT molecular complexity index is 744. The van der Waals surface area contributed by atoms with Gasteiger partial charge in [0.1, 0.15) is 5.78 Å². The van der Waals surface area contributed by atoms with Crippen molar-refractivity contribution in [2.75, 3.05) is 5.75 Å². The first-order valence-corrected chi connectivity index (χ1v) is 9.18. The molecule has 0 saturated heterocycles. The second-order valence-electron chi connectivity index (χ2n) is 5.80. The van der Waals surface area contributed by atoms with E-state index in [1.807, 2.05) is 0 Å². The predicted octanol–water partition coefficient (Wildman–Crippen LogP) is 3.63. The van der Waals surface area contributed by atoms with Crippen LogP contribution in [0.4, 0.5) is 22.0 Å². The average molecular weight is 386 g/mol. The lowest BCUT2D eigenvalue weighted by Crippen LogP contribution is -2.23. The van der Waals surface area contributed by atoms with E-state index in [0.717, 1.165) is 19.3 Å². The quantitative estimate of drug-likeness (QED) is 0.324. The maximum Gasteiger partial charge on any atom is 0.309 e. The highest BCUT2D eigenvalue weighted by atomic mass is 32.2. The summed E-state index contributed by atoms with van der Waals surface area (Å²) in [5.41, 5.74) is 0. The molecule has 1 fully saturated rings. The Morgan fingerprint density at radius 2 is 1.36 bits per heavy atom. The van der Waals surface area contributed by atoms with Crippen LogP contribution in [0.5, 0.6) is 5.75 Å². The topological polar surface area (TPSA) is 60.4 Å². The van der Waals surface area contributed by atoms with E-state index in [-0.39, 0.29) is 11.7 Å². The van der Waals surface area contributed by atoms with Crippen LogP contribution in [0.1, 0.15) is 38.5 Å². The molecule has 140 valence electrons. The first kappa shape index (κ1) is 19.6. The van der Waals surface area contributed by atoms with Crippen LogP contribution in [0.25, 0.3) is 0 Å². The summed E-state index contributed by atoms with van der Waals surface area (Å²) in [7, 11) is -4.72. The van der Waals surface area contributed by atoms with Gasteiger partial charge in [0.25, 0.3) is 0 Å². The molecule has 0 spiro atoms. The molecule has 1 aromatic carbocycles. The molecular formula is C15H15F5O4S. The van der Waals surface area contributed by atoms with Crippen LogP contribution in [-0.4, -0.2) is 20.0 Å². The molecule has 1 saturated carbocycles. The Labute approximate surface area is 141 Å². The highest BCUT2D eigenvalue weighted by Gasteiger charge is 2.31. The maximum atomic E-state index is 13.4. The molecule has 25 heavy (non-hydrogen) atoms. The Balaban J connectivity index is 2.10. The number of carbonyl (C=O) groups excluding carboxylic acids is 1.